The van der Waals surface area contributed by atoms with Crippen molar-refractivity contribution in [1.82, 2.24) is 5.32 Å². The van der Waals surface area contributed by atoms with Crippen LogP contribution in [-0.2, 0) is 0 Å². The molecule has 0 aliphatic heterocycles. The van der Waals surface area contributed by atoms with Crippen LogP contribution in [0, 0.1) is 22.7 Å². The predicted octanol–water partition coefficient (Wildman–Crippen LogP) is 4.15. The topological polar surface area (TPSA) is 12.0 Å². The van der Waals surface area contributed by atoms with Crippen molar-refractivity contribution in [2.45, 2.75) is 65.3 Å². The van der Waals surface area contributed by atoms with E-state index in [0.29, 0.717) is 10.8 Å². The summed E-state index contributed by atoms with van der Waals surface area (Å²) in [5.41, 5.74) is 1.09. The SMILES string of the molecule is CC1(C)C(NCC2CC=CCC2)[C@]2(C)CC[C@H]1C2. The monoisotopic (exact) mass is 247 g/mol. The van der Waals surface area contributed by atoms with Gasteiger partial charge in [0.2, 0.25) is 0 Å². The third-order valence-electron chi connectivity index (χ3n) is 6.26. The van der Waals surface area contributed by atoms with E-state index in [-0.39, 0.29) is 0 Å². The smallest absolute Gasteiger partial charge is 0.0175 e. The van der Waals surface area contributed by atoms with Crippen molar-refractivity contribution < 1.29 is 0 Å². The second-order valence-electron chi connectivity index (χ2n) is 7.91. The van der Waals surface area contributed by atoms with Crippen molar-refractivity contribution in [2.75, 3.05) is 6.54 Å². The molecule has 2 unspecified atom stereocenters. The van der Waals surface area contributed by atoms with Gasteiger partial charge in [0.1, 0.15) is 0 Å². The summed E-state index contributed by atoms with van der Waals surface area (Å²) in [4.78, 5) is 0. The van der Waals surface area contributed by atoms with E-state index in [1.165, 1.54) is 45.1 Å². The standard InChI is InChI=1S/C17H29N/c1-16(2)14-9-10-17(3,11-14)15(16)18-12-13-7-5-4-6-8-13/h4-5,13-15,18H,6-12H2,1-3H3/t13?,14-,15?,17+/m0/s1. The van der Waals surface area contributed by atoms with E-state index in [1.54, 1.807) is 0 Å². The maximum Gasteiger partial charge on any atom is 0.0175 e. The van der Waals surface area contributed by atoms with Gasteiger partial charge in [-0.1, -0.05) is 32.9 Å². The van der Waals surface area contributed by atoms with Crippen LogP contribution in [0.25, 0.3) is 0 Å². The van der Waals surface area contributed by atoms with Gasteiger partial charge in [-0.25, -0.2) is 0 Å². The molecule has 4 atom stereocenters. The van der Waals surface area contributed by atoms with Gasteiger partial charge in [-0.15, -0.1) is 0 Å². The van der Waals surface area contributed by atoms with Crippen LogP contribution < -0.4 is 5.32 Å². The minimum Gasteiger partial charge on any atom is -0.313 e. The maximum atomic E-state index is 3.98. The molecule has 2 saturated carbocycles. The molecule has 1 N–H and O–H groups in total. The van der Waals surface area contributed by atoms with E-state index in [0.717, 1.165) is 17.9 Å². The Balaban J connectivity index is 1.63. The number of fused-ring (bicyclic) bond motifs is 2. The Morgan fingerprint density at radius 1 is 1.17 bits per heavy atom. The van der Waals surface area contributed by atoms with Gasteiger partial charge in [-0.2, -0.15) is 0 Å². The zero-order valence-electron chi connectivity index (χ0n) is 12.3. The third-order valence-corrected chi connectivity index (χ3v) is 6.26. The van der Waals surface area contributed by atoms with Crippen LogP contribution >= 0.6 is 0 Å². The molecule has 0 heterocycles. The Morgan fingerprint density at radius 3 is 2.61 bits per heavy atom. The fourth-order valence-electron chi connectivity index (χ4n) is 5.14. The van der Waals surface area contributed by atoms with Crippen molar-refractivity contribution in [3.63, 3.8) is 0 Å². The van der Waals surface area contributed by atoms with Crippen LogP contribution in [0.3, 0.4) is 0 Å². The number of allylic oxidation sites excluding steroid dienone is 2. The fourth-order valence-corrected chi connectivity index (χ4v) is 5.14. The van der Waals surface area contributed by atoms with Gasteiger partial charge >= 0.3 is 0 Å². The molecule has 102 valence electrons. The van der Waals surface area contributed by atoms with Crippen molar-refractivity contribution in [1.29, 1.82) is 0 Å². The molecule has 3 rings (SSSR count). The highest BCUT2D eigenvalue weighted by Gasteiger charge is 2.58. The lowest BCUT2D eigenvalue weighted by Gasteiger charge is -2.44. The Morgan fingerprint density at radius 2 is 2.00 bits per heavy atom. The van der Waals surface area contributed by atoms with Crippen LogP contribution in [0.5, 0.6) is 0 Å². The highest BCUT2D eigenvalue weighted by Crippen LogP contribution is 2.62. The van der Waals surface area contributed by atoms with Crippen LogP contribution in [0.4, 0.5) is 0 Å². The normalized spacial score (nSPS) is 45.6. The van der Waals surface area contributed by atoms with Gasteiger partial charge in [0.25, 0.3) is 0 Å². The molecule has 0 spiro atoms. The molecule has 0 saturated heterocycles. The highest BCUT2D eigenvalue weighted by atomic mass is 15.0. The zero-order valence-corrected chi connectivity index (χ0v) is 12.3. The lowest BCUT2D eigenvalue weighted by molar-refractivity contribution is 0.105. The first-order valence-corrected chi connectivity index (χ1v) is 7.91. The van der Waals surface area contributed by atoms with Crippen LogP contribution in [-0.4, -0.2) is 12.6 Å². The molecule has 1 heteroatoms. The van der Waals surface area contributed by atoms with Crippen molar-refractivity contribution >= 4 is 0 Å². The van der Waals surface area contributed by atoms with Crippen LogP contribution in [0.1, 0.15) is 59.3 Å². The summed E-state index contributed by atoms with van der Waals surface area (Å²) in [6, 6.07) is 0.745. The molecule has 3 aliphatic carbocycles. The first-order chi connectivity index (χ1) is 8.52. The van der Waals surface area contributed by atoms with Gasteiger partial charge < -0.3 is 5.32 Å². The summed E-state index contributed by atoms with van der Waals surface area (Å²) < 4.78 is 0. The average molecular weight is 247 g/mol. The largest absolute Gasteiger partial charge is 0.313 e. The molecule has 2 bridgehead atoms. The molecular formula is C17H29N. The summed E-state index contributed by atoms with van der Waals surface area (Å²) >= 11 is 0. The molecular weight excluding hydrogens is 218 g/mol. The van der Waals surface area contributed by atoms with Gasteiger partial charge in [0.05, 0.1) is 0 Å². The molecule has 3 aliphatic rings. The summed E-state index contributed by atoms with van der Waals surface area (Å²) in [6.07, 6.45) is 13.1. The number of nitrogens with one attached hydrogen (secondary N) is 1. The summed E-state index contributed by atoms with van der Waals surface area (Å²) in [7, 11) is 0. The van der Waals surface area contributed by atoms with Gasteiger partial charge in [0.15, 0.2) is 0 Å². The molecule has 0 radical (unpaired) electrons. The Labute approximate surface area is 112 Å². The molecule has 1 nitrogen and oxygen atoms in total. The Kier molecular flexibility index (Phi) is 3.09. The zero-order chi connectivity index (χ0) is 12.8. The number of rotatable bonds is 3. The Hall–Kier alpha value is -0.300. The third kappa shape index (κ3) is 1.95. The van der Waals surface area contributed by atoms with Gasteiger partial charge in [-0.05, 0) is 67.7 Å². The van der Waals surface area contributed by atoms with E-state index >= 15 is 0 Å². The first-order valence-electron chi connectivity index (χ1n) is 7.91. The predicted molar refractivity (Wildman–Crippen MR) is 77.5 cm³/mol. The van der Waals surface area contributed by atoms with Gasteiger partial charge in [0, 0.05) is 6.04 Å². The van der Waals surface area contributed by atoms with Gasteiger partial charge in [-0.3, -0.25) is 0 Å². The molecule has 0 amide bonds. The summed E-state index contributed by atoms with van der Waals surface area (Å²) in [5, 5.41) is 3.98. The maximum absolute atomic E-state index is 3.98. The quantitative estimate of drug-likeness (QED) is 0.739. The summed E-state index contributed by atoms with van der Waals surface area (Å²) in [5.74, 6) is 1.85. The van der Waals surface area contributed by atoms with Crippen molar-refractivity contribution in [2.24, 2.45) is 22.7 Å². The molecule has 2 fully saturated rings. The Bertz CT molecular complexity index is 339. The fraction of sp³-hybridized carbons (Fsp3) is 0.882. The number of hydrogen-bond donors (Lipinski definition) is 1. The first kappa shape index (κ1) is 12.7. The van der Waals surface area contributed by atoms with Crippen molar-refractivity contribution in [3.8, 4) is 0 Å². The molecule has 18 heavy (non-hydrogen) atoms. The average Bonchev–Trinajstić information content (AvgIpc) is 2.81. The number of hydrogen-bond acceptors (Lipinski definition) is 1. The van der Waals surface area contributed by atoms with Crippen LogP contribution in [0.15, 0.2) is 12.2 Å². The van der Waals surface area contributed by atoms with E-state index in [1.807, 2.05) is 0 Å². The lowest BCUT2D eigenvalue weighted by atomic mass is 9.68. The van der Waals surface area contributed by atoms with Crippen molar-refractivity contribution in [3.05, 3.63) is 12.2 Å². The lowest BCUT2D eigenvalue weighted by Crippen LogP contribution is -2.51. The van der Waals surface area contributed by atoms with E-state index in [2.05, 4.69) is 38.2 Å². The second kappa shape index (κ2) is 4.37. The van der Waals surface area contributed by atoms with E-state index < -0.39 is 0 Å². The minimum atomic E-state index is 0.511. The summed E-state index contributed by atoms with van der Waals surface area (Å²) in [6.45, 7) is 8.77. The van der Waals surface area contributed by atoms with E-state index in [4.69, 9.17) is 0 Å². The van der Waals surface area contributed by atoms with E-state index in [9.17, 15) is 0 Å². The van der Waals surface area contributed by atoms with Crippen LogP contribution in [0.2, 0.25) is 0 Å². The molecule has 0 aromatic heterocycles. The minimum absolute atomic E-state index is 0.511. The second-order valence-corrected chi connectivity index (χ2v) is 7.91. The molecule has 0 aromatic rings. The highest BCUT2D eigenvalue weighted by molar-refractivity contribution is 5.12. The molecule has 0 aromatic carbocycles.